The molecule has 1 fully saturated rings. The maximum Gasteiger partial charge on any atom is 0.287 e. The molecule has 1 aliphatic carbocycles. The van der Waals surface area contributed by atoms with E-state index in [1.165, 1.54) is 69.5 Å². The molecule has 0 unspecified atom stereocenters. The van der Waals surface area contributed by atoms with Crippen molar-refractivity contribution in [3.63, 3.8) is 0 Å². The summed E-state index contributed by atoms with van der Waals surface area (Å²) in [6.07, 6.45) is 11.9. The summed E-state index contributed by atoms with van der Waals surface area (Å²) in [6.45, 7) is 0. The molecule has 88 valence electrons. The zero-order chi connectivity index (χ0) is 10.9. The summed E-state index contributed by atoms with van der Waals surface area (Å²) in [4.78, 5) is 11.3. The maximum atomic E-state index is 11.3. The second-order valence-electron chi connectivity index (χ2n) is 4.17. The van der Waals surface area contributed by atoms with Gasteiger partial charge >= 0.3 is 0 Å². The van der Waals surface area contributed by atoms with Crippen LogP contribution in [-0.4, -0.2) is 10.5 Å². The van der Waals surface area contributed by atoms with Crippen molar-refractivity contribution in [1.29, 1.82) is 0 Å². The van der Waals surface area contributed by atoms with Crippen LogP contribution in [0.2, 0.25) is 0 Å². The molecule has 1 amide bonds. The molecule has 0 radical (unpaired) electrons. The van der Waals surface area contributed by atoms with Gasteiger partial charge < -0.3 is 0 Å². The first kappa shape index (κ1) is 13.6. The molecule has 15 heavy (non-hydrogen) atoms. The lowest BCUT2D eigenvalue weighted by molar-refractivity contribution is 0.266. The quantitative estimate of drug-likeness (QED) is 0.555. The van der Waals surface area contributed by atoms with Gasteiger partial charge in [-0.25, -0.2) is 0 Å². The first-order chi connectivity index (χ1) is 7.33. The van der Waals surface area contributed by atoms with Gasteiger partial charge in [-0.3, -0.25) is 8.32 Å². The molecule has 1 N–H and O–H groups in total. The Bertz CT molecular complexity index is 179. The standard InChI is InChI=1S/C11H20INOS/c12-13-11(14)15-10-8-6-4-2-1-3-5-7-9-10/h10H,1-9H2,(H,13,14). The third-order valence-electron chi connectivity index (χ3n) is 2.90. The number of carbonyl (C=O) groups is 1. The summed E-state index contributed by atoms with van der Waals surface area (Å²) in [5.41, 5.74) is 0. The number of halogens is 1. The van der Waals surface area contributed by atoms with Crippen LogP contribution in [0, 0.1) is 0 Å². The van der Waals surface area contributed by atoms with Gasteiger partial charge in [0.25, 0.3) is 5.24 Å². The summed E-state index contributed by atoms with van der Waals surface area (Å²) < 4.78 is 2.67. The van der Waals surface area contributed by atoms with Crippen LogP contribution in [0.25, 0.3) is 0 Å². The lowest BCUT2D eigenvalue weighted by atomic mass is 10.0. The van der Waals surface area contributed by atoms with E-state index < -0.39 is 0 Å². The molecular weight excluding hydrogens is 321 g/mol. The van der Waals surface area contributed by atoms with E-state index in [4.69, 9.17) is 0 Å². The first-order valence-electron chi connectivity index (χ1n) is 5.90. The molecule has 4 heteroatoms. The maximum absolute atomic E-state index is 11.3. The molecular formula is C11H20INOS. The molecule has 0 aliphatic heterocycles. The SMILES string of the molecule is O=C(NI)SC1CCCCCCCCC1. The van der Waals surface area contributed by atoms with Crippen LogP contribution in [0.1, 0.15) is 57.8 Å². The Morgan fingerprint density at radius 2 is 1.47 bits per heavy atom. The lowest BCUT2D eigenvalue weighted by Crippen LogP contribution is -2.12. The number of hydrogen-bond acceptors (Lipinski definition) is 2. The molecule has 0 spiro atoms. The number of rotatable bonds is 1. The minimum absolute atomic E-state index is 0.123. The third kappa shape index (κ3) is 6.66. The zero-order valence-corrected chi connectivity index (χ0v) is 12.1. The van der Waals surface area contributed by atoms with Crippen molar-refractivity contribution in [2.24, 2.45) is 0 Å². The van der Waals surface area contributed by atoms with E-state index in [2.05, 4.69) is 3.53 Å². The molecule has 0 aromatic carbocycles. The van der Waals surface area contributed by atoms with Crippen molar-refractivity contribution >= 4 is 39.9 Å². The Hall–Kier alpha value is 0.550. The Balaban J connectivity index is 2.28. The second kappa shape index (κ2) is 8.67. The molecule has 0 saturated heterocycles. The molecule has 0 atom stereocenters. The van der Waals surface area contributed by atoms with Crippen LogP contribution in [-0.2, 0) is 0 Å². The normalized spacial score (nSPS) is 20.9. The van der Waals surface area contributed by atoms with E-state index in [9.17, 15) is 4.79 Å². The van der Waals surface area contributed by atoms with Gasteiger partial charge in [0, 0.05) is 5.25 Å². The van der Waals surface area contributed by atoms with Crippen LogP contribution in [0.4, 0.5) is 4.79 Å². The number of carbonyl (C=O) groups excluding carboxylic acids is 1. The topological polar surface area (TPSA) is 29.1 Å². The van der Waals surface area contributed by atoms with Gasteiger partial charge in [-0.2, -0.15) is 0 Å². The van der Waals surface area contributed by atoms with Gasteiger partial charge in [-0.15, -0.1) is 0 Å². The van der Waals surface area contributed by atoms with Crippen LogP contribution in [0.5, 0.6) is 0 Å². The van der Waals surface area contributed by atoms with Gasteiger partial charge in [0.15, 0.2) is 0 Å². The number of nitrogens with one attached hydrogen (secondary N) is 1. The van der Waals surface area contributed by atoms with E-state index in [0.717, 1.165) is 0 Å². The van der Waals surface area contributed by atoms with Crippen molar-refractivity contribution in [3.8, 4) is 0 Å². The highest BCUT2D eigenvalue weighted by Crippen LogP contribution is 2.26. The summed E-state index contributed by atoms with van der Waals surface area (Å²) in [7, 11) is 0. The minimum atomic E-state index is 0.123. The number of amides is 1. The number of thioether (sulfide) groups is 1. The van der Waals surface area contributed by atoms with Crippen LogP contribution in [0.15, 0.2) is 0 Å². The van der Waals surface area contributed by atoms with E-state index in [-0.39, 0.29) is 5.24 Å². The summed E-state index contributed by atoms with van der Waals surface area (Å²) in [5.74, 6) is 0. The summed E-state index contributed by atoms with van der Waals surface area (Å²) in [6, 6.07) is 0. The highest BCUT2D eigenvalue weighted by Gasteiger charge is 2.14. The highest BCUT2D eigenvalue weighted by molar-refractivity contribution is 14.1. The fraction of sp³-hybridized carbons (Fsp3) is 0.909. The van der Waals surface area contributed by atoms with Crippen molar-refractivity contribution < 1.29 is 4.79 Å². The van der Waals surface area contributed by atoms with E-state index >= 15 is 0 Å². The van der Waals surface area contributed by atoms with E-state index in [0.29, 0.717) is 5.25 Å². The zero-order valence-electron chi connectivity index (χ0n) is 9.14. The molecule has 0 heterocycles. The van der Waals surface area contributed by atoms with E-state index in [1.807, 2.05) is 22.9 Å². The average molecular weight is 341 g/mol. The Morgan fingerprint density at radius 1 is 1.00 bits per heavy atom. The molecule has 1 saturated carbocycles. The Morgan fingerprint density at radius 3 is 1.93 bits per heavy atom. The predicted molar refractivity (Wildman–Crippen MR) is 75.5 cm³/mol. The fourth-order valence-corrected chi connectivity index (χ4v) is 3.36. The largest absolute Gasteiger partial charge is 0.289 e. The second-order valence-corrected chi connectivity index (χ2v) is 5.99. The lowest BCUT2D eigenvalue weighted by Gasteiger charge is -2.16. The monoisotopic (exact) mass is 341 g/mol. The molecule has 0 bridgehead atoms. The molecule has 1 rings (SSSR count). The summed E-state index contributed by atoms with van der Waals surface area (Å²) >= 11 is 3.42. The number of hydrogen-bond donors (Lipinski definition) is 1. The van der Waals surface area contributed by atoms with Crippen LogP contribution in [0.3, 0.4) is 0 Å². The van der Waals surface area contributed by atoms with Crippen molar-refractivity contribution in [2.75, 3.05) is 0 Å². The summed E-state index contributed by atoms with van der Waals surface area (Å²) in [5, 5.41) is 0.676. The third-order valence-corrected chi connectivity index (χ3v) is 4.88. The van der Waals surface area contributed by atoms with Crippen LogP contribution < -0.4 is 3.53 Å². The first-order valence-corrected chi connectivity index (χ1v) is 7.86. The van der Waals surface area contributed by atoms with Crippen molar-refractivity contribution in [3.05, 3.63) is 0 Å². The van der Waals surface area contributed by atoms with Crippen LogP contribution >= 0.6 is 34.6 Å². The Labute approximate surface area is 111 Å². The predicted octanol–water partition coefficient (Wildman–Crippen LogP) is 4.67. The smallest absolute Gasteiger partial charge is 0.287 e. The van der Waals surface area contributed by atoms with Crippen molar-refractivity contribution in [2.45, 2.75) is 63.0 Å². The van der Waals surface area contributed by atoms with Gasteiger partial charge in [0.05, 0.1) is 22.9 Å². The molecule has 0 aromatic rings. The average Bonchev–Trinajstić information content (AvgIpc) is 2.27. The Kier molecular flexibility index (Phi) is 7.87. The molecule has 2 nitrogen and oxygen atoms in total. The molecule has 0 aromatic heterocycles. The van der Waals surface area contributed by atoms with Gasteiger partial charge in [0.2, 0.25) is 0 Å². The van der Waals surface area contributed by atoms with Gasteiger partial charge in [-0.1, -0.05) is 56.7 Å². The van der Waals surface area contributed by atoms with Gasteiger partial charge in [0.1, 0.15) is 0 Å². The highest BCUT2D eigenvalue weighted by atomic mass is 127. The fourth-order valence-electron chi connectivity index (χ4n) is 2.06. The van der Waals surface area contributed by atoms with Crippen molar-refractivity contribution in [1.82, 2.24) is 3.53 Å². The van der Waals surface area contributed by atoms with Gasteiger partial charge in [-0.05, 0) is 12.8 Å². The minimum Gasteiger partial charge on any atom is -0.289 e. The molecule has 1 aliphatic rings. The van der Waals surface area contributed by atoms with E-state index in [1.54, 1.807) is 0 Å².